The second kappa shape index (κ2) is 10.8. The first-order valence-corrected chi connectivity index (χ1v) is 13.0. The Morgan fingerprint density at radius 2 is 1.50 bits per heavy atom. The van der Waals surface area contributed by atoms with E-state index >= 15 is 0 Å². The third-order valence-corrected chi connectivity index (χ3v) is 8.22. The number of aromatic nitrogens is 1. The minimum absolute atomic E-state index is 0.107. The Hall–Kier alpha value is -1.86. The summed E-state index contributed by atoms with van der Waals surface area (Å²) in [5, 5.41) is 11.3. The number of halogens is 1. The maximum absolute atomic E-state index is 13.1. The Kier molecular flexibility index (Phi) is 8.51. The lowest BCUT2D eigenvalue weighted by molar-refractivity contribution is -0.164. The molecular weight excluding hydrogens is 452 g/mol. The van der Waals surface area contributed by atoms with E-state index < -0.39 is 5.60 Å². The average Bonchev–Trinajstić information content (AvgIpc) is 2.82. The van der Waals surface area contributed by atoms with Gasteiger partial charge in [-0.05, 0) is 61.5 Å². The van der Waals surface area contributed by atoms with E-state index in [1.165, 1.54) is 4.90 Å². The lowest BCUT2D eigenvalue weighted by Crippen LogP contribution is -2.57. The summed E-state index contributed by atoms with van der Waals surface area (Å²) in [6.45, 7) is 11.0. The Morgan fingerprint density at radius 3 is 1.94 bits per heavy atom. The summed E-state index contributed by atoms with van der Waals surface area (Å²) in [6, 6.07) is 3.65. The molecule has 190 valence electrons. The molecule has 0 aromatic carbocycles. The number of carbonyl (C=O) groups is 2. The highest BCUT2D eigenvalue weighted by Crippen LogP contribution is 2.36. The number of likely N-dealkylation sites (tertiary alicyclic amines) is 1. The molecule has 0 spiro atoms. The van der Waals surface area contributed by atoms with Crippen LogP contribution in [0.5, 0.6) is 0 Å². The first-order valence-electron chi connectivity index (χ1n) is 12.6. The number of nitrogens with zero attached hydrogens (tertiary/aromatic N) is 4. The van der Waals surface area contributed by atoms with Crippen molar-refractivity contribution in [1.82, 2.24) is 14.8 Å². The largest absolute Gasteiger partial charge is 0.379 e. The normalized spacial score (nSPS) is 18.6. The summed E-state index contributed by atoms with van der Waals surface area (Å²) in [7, 11) is 3.40. The second-order valence-corrected chi connectivity index (χ2v) is 11.2. The van der Waals surface area contributed by atoms with E-state index in [-0.39, 0.29) is 28.8 Å². The van der Waals surface area contributed by atoms with E-state index in [1.54, 1.807) is 20.2 Å². The van der Waals surface area contributed by atoms with Crippen molar-refractivity contribution in [3.05, 3.63) is 22.8 Å². The fraction of sp³-hybridized carbons (Fsp3) is 0.731. The molecule has 8 heteroatoms. The lowest BCUT2D eigenvalue weighted by Gasteiger charge is -2.44. The van der Waals surface area contributed by atoms with Gasteiger partial charge in [-0.25, -0.2) is 4.98 Å². The lowest BCUT2D eigenvalue weighted by atomic mass is 9.76. The van der Waals surface area contributed by atoms with Crippen LogP contribution in [0.2, 0.25) is 5.15 Å². The van der Waals surface area contributed by atoms with Crippen LogP contribution >= 0.6 is 11.6 Å². The van der Waals surface area contributed by atoms with Crippen molar-refractivity contribution in [2.75, 3.05) is 45.2 Å². The van der Waals surface area contributed by atoms with Crippen LogP contribution in [0.3, 0.4) is 0 Å². The van der Waals surface area contributed by atoms with Crippen molar-refractivity contribution in [2.45, 2.75) is 59.0 Å². The molecule has 0 bridgehead atoms. The Morgan fingerprint density at radius 1 is 1.00 bits per heavy atom. The zero-order valence-electron chi connectivity index (χ0n) is 21.6. The SMILES string of the molecule is CC(C)C(O)(C(=O)N1CCC(C2CCN(c3ccc(C(=O)N(C)C)c(Cl)n3)CC2)CC1)C(C)C. The molecule has 2 fully saturated rings. The first-order chi connectivity index (χ1) is 16.0. The maximum atomic E-state index is 13.1. The van der Waals surface area contributed by atoms with Gasteiger partial charge in [0.15, 0.2) is 0 Å². The molecule has 0 aliphatic carbocycles. The molecule has 1 N–H and O–H groups in total. The van der Waals surface area contributed by atoms with Gasteiger partial charge in [-0.1, -0.05) is 39.3 Å². The minimum Gasteiger partial charge on any atom is -0.379 e. The second-order valence-electron chi connectivity index (χ2n) is 10.8. The van der Waals surface area contributed by atoms with Gasteiger partial charge < -0.3 is 19.8 Å². The highest BCUT2D eigenvalue weighted by Gasteiger charge is 2.45. The molecule has 2 amide bonds. The van der Waals surface area contributed by atoms with Crippen LogP contribution < -0.4 is 4.90 Å². The van der Waals surface area contributed by atoms with Crippen molar-refractivity contribution in [1.29, 1.82) is 0 Å². The monoisotopic (exact) mass is 492 g/mol. The molecule has 2 aliphatic rings. The van der Waals surface area contributed by atoms with Crippen LogP contribution in [0.15, 0.2) is 12.1 Å². The van der Waals surface area contributed by atoms with Gasteiger partial charge in [0.2, 0.25) is 0 Å². The van der Waals surface area contributed by atoms with E-state index in [1.807, 2.05) is 38.7 Å². The molecule has 0 unspecified atom stereocenters. The number of hydrogen-bond acceptors (Lipinski definition) is 5. The smallest absolute Gasteiger partial charge is 0.256 e. The molecule has 1 aromatic heterocycles. The Labute approximate surface area is 209 Å². The van der Waals surface area contributed by atoms with E-state index in [0.29, 0.717) is 17.4 Å². The zero-order valence-corrected chi connectivity index (χ0v) is 22.3. The molecule has 34 heavy (non-hydrogen) atoms. The van der Waals surface area contributed by atoms with Gasteiger partial charge in [0.1, 0.15) is 16.6 Å². The molecule has 2 saturated heterocycles. The number of piperidine rings is 2. The molecular formula is C26H41ClN4O3. The number of hydrogen-bond donors (Lipinski definition) is 1. The summed E-state index contributed by atoms with van der Waals surface area (Å²) in [4.78, 5) is 35.5. The maximum Gasteiger partial charge on any atom is 0.256 e. The van der Waals surface area contributed by atoms with Crippen molar-refractivity contribution in [2.24, 2.45) is 23.7 Å². The standard InChI is InChI=1S/C26H41ClN4O3/c1-17(2)26(34,18(3)4)25(33)31-15-11-20(12-16-31)19-9-13-30(14-10-19)22-8-7-21(23(27)28-22)24(32)29(5)6/h7-8,17-20,34H,9-16H2,1-6H3. The first kappa shape index (κ1) is 26.7. The van der Waals surface area contributed by atoms with Crippen LogP contribution in [-0.4, -0.2) is 77.6 Å². The van der Waals surface area contributed by atoms with Crippen molar-refractivity contribution < 1.29 is 14.7 Å². The fourth-order valence-corrected chi connectivity index (χ4v) is 5.82. The van der Waals surface area contributed by atoms with Crippen LogP contribution in [0.4, 0.5) is 5.82 Å². The molecule has 0 saturated carbocycles. The molecule has 0 radical (unpaired) electrons. The molecule has 7 nitrogen and oxygen atoms in total. The van der Waals surface area contributed by atoms with Crippen molar-refractivity contribution in [3.8, 4) is 0 Å². The van der Waals surface area contributed by atoms with Gasteiger partial charge in [0.05, 0.1) is 5.56 Å². The van der Waals surface area contributed by atoms with Crippen molar-refractivity contribution in [3.63, 3.8) is 0 Å². The Balaban J connectivity index is 1.54. The molecule has 2 aliphatic heterocycles. The van der Waals surface area contributed by atoms with Gasteiger partial charge >= 0.3 is 0 Å². The Bertz CT molecular complexity index is 865. The fourth-order valence-electron chi connectivity index (χ4n) is 5.59. The van der Waals surface area contributed by atoms with E-state index in [4.69, 9.17) is 11.6 Å². The number of pyridine rings is 1. The number of amides is 2. The number of aliphatic hydroxyl groups is 1. The third kappa shape index (κ3) is 5.35. The van der Waals surface area contributed by atoms with Gasteiger partial charge in [0, 0.05) is 40.3 Å². The zero-order chi connectivity index (χ0) is 25.2. The average molecular weight is 493 g/mol. The van der Waals surface area contributed by atoms with Gasteiger partial charge in [0.25, 0.3) is 11.8 Å². The predicted molar refractivity (Wildman–Crippen MR) is 136 cm³/mol. The van der Waals surface area contributed by atoms with Crippen LogP contribution in [-0.2, 0) is 4.79 Å². The summed E-state index contributed by atoms with van der Waals surface area (Å²) in [5.41, 5.74) is -0.868. The van der Waals surface area contributed by atoms with Crippen LogP contribution in [0.25, 0.3) is 0 Å². The molecule has 0 atom stereocenters. The van der Waals surface area contributed by atoms with Gasteiger partial charge in [-0.2, -0.15) is 0 Å². The summed E-state index contributed by atoms with van der Waals surface area (Å²) in [5.74, 6) is 1.58. The third-order valence-electron chi connectivity index (χ3n) is 7.93. The van der Waals surface area contributed by atoms with E-state index in [9.17, 15) is 14.7 Å². The van der Waals surface area contributed by atoms with Gasteiger partial charge in [-0.3, -0.25) is 9.59 Å². The van der Waals surface area contributed by atoms with Crippen LogP contribution in [0.1, 0.15) is 63.7 Å². The minimum atomic E-state index is -1.29. The topological polar surface area (TPSA) is 77.0 Å². The van der Waals surface area contributed by atoms with E-state index in [0.717, 1.165) is 57.7 Å². The predicted octanol–water partition coefficient (Wildman–Crippen LogP) is 3.93. The summed E-state index contributed by atoms with van der Waals surface area (Å²) >= 11 is 6.31. The quantitative estimate of drug-likeness (QED) is 0.609. The number of carbonyl (C=O) groups excluding carboxylic acids is 2. The molecule has 3 rings (SSSR count). The summed E-state index contributed by atoms with van der Waals surface area (Å²) in [6.07, 6.45) is 4.15. The number of anilines is 1. The highest BCUT2D eigenvalue weighted by molar-refractivity contribution is 6.32. The number of rotatable bonds is 6. The van der Waals surface area contributed by atoms with E-state index in [2.05, 4.69) is 9.88 Å². The highest BCUT2D eigenvalue weighted by atomic mass is 35.5. The van der Waals surface area contributed by atoms with Crippen molar-refractivity contribution >= 4 is 29.2 Å². The molecule has 1 aromatic rings. The molecule has 3 heterocycles. The van der Waals surface area contributed by atoms with Crippen LogP contribution in [0, 0.1) is 23.7 Å². The van der Waals surface area contributed by atoms with Gasteiger partial charge in [-0.15, -0.1) is 0 Å². The summed E-state index contributed by atoms with van der Waals surface area (Å²) < 4.78 is 0.